The molecule has 0 aromatic carbocycles. The molecule has 1 atom stereocenters. The van der Waals surface area contributed by atoms with Gasteiger partial charge in [-0.2, -0.15) is 0 Å². The van der Waals surface area contributed by atoms with Crippen molar-refractivity contribution in [3.63, 3.8) is 0 Å². The number of unbranched alkanes of at least 4 members (excludes halogenated alkanes) is 1. The highest BCUT2D eigenvalue weighted by atomic mass is 16.5. The minimum Gasteiger partial charge on any atom is -0.381 e. The van der Waals surface area contributed by atoms with E-state index >= 15 is 0 Å². The first-order valence-corrected chi connectivity index (χ1v) is 9.57. The second-order valence-electron chi connectivity index (χ2n) is 7.06. The van der Waals surface area contributed by atoms with E-state index in [4.69, 9.17) is 9.73 Å². The van der Waals surface area contributed by atoms with Gasteiger partial charge in [-0.3, -0.25) is 4.99 Å². The molecule has 0 bridgehead atoms. The first kappa shape index (κ1) is 18.0. The van der Waals surface area contributed by atoms with E-state index in [1.165, 1.54) is 12.8 Å². The Balaban J connectivity index is 1.40. The fourth-order valence-electron chi connectivity index (χ4n) is 3.62. The van der Waals surface area contributed by atoms with Crippen molar-refractivity contribution in [1.29, 1.82) is 0 Å². The number of nitrogens with one attached hydrogen (secondary N) is 2. The first-order chi connectivity index (χ1) is 12.3. The lowest BCUT2D eigenvalue weighted by atomic mass is 9.87. The van der Waals surface area contributed by atoms with Gasteiger partial charge in [0.25, 0.3) is 0 Å². The highest BCUT2D eigenvalue weighted by molar-refractivity contribution is 5.80. The summed E-state index contributed by atoms with van der Waals surface area (Å²) in [6.07, 6.45) is 6.41. The SMILES string of the molecule is CCNC(=NCCCCNc1ccccn1)N1CCC2(CCOC2)C1. The standard InChI is InChI=1S/C19H31N5O/c1-2-20-18(24-13-8-19(15-24)9-14-25-16-19)23-12-6-5-11-22-17-7-3-4-10-21-17/h3-4,7,10H,2,5-6,8-9,11-16H2,1H3,(H,20,23)(H,21,22). The van der Waals surface area contributed by atoms with E-state index in [0.717, 1.165) is 70.6 Å². The van der Waals surface area contributed by atoms with Crippen LogP contribution in [0.2, 0.25) is 0 Å². The van der Waals surface area contributed by atoms with Crippen molar-refractivity contribution in [2.45, 2.75) is 32.6 Å². The zero-order chi connectivity index (χ0) is 17.4. The molecule has 1 aromatic rings. The molecule has 0 amide bonds. The van der Waals surface area contributed by atoms with Gasteiger partial charge in [0.1, 0.15) is 5.82 Å². The second-order valence-corrected chi connectivity index (χ2v) is 7.06. The molecular weight excluding hydrogens is 314 g/mol. The van der Waals surface area contributed by atoms with Gasteiger partial charge in [-0.05, 0) is 44.7 Å². The normalized spacial score (nSPS) is 23.4. The maximum atomic E-state index is 5.63. The lowest BCUT2D eigenvalue weighted by Crippen LogP contribution is -2.41. The minimum absolute atomic E-state index is 0.378. The van der Waals surface area contributed by atoms with Crippen LogP contribution in [0.25, 0.3) is 0 Å². The zero-order valence-electron chi connectivity index (χ0n) is 15.3. The summed E-state index contributed by atoms with van der Waals surface area (Å²) in [6, 6.07) is 5.93. The number of nitrogens with zero attached hydrogens (tertiary/aromatic N) is 3. The van der Waals surface area contributed by atoms with Crippen LogP contribution in [-0.2, 0) is 4.74 Å². The third kappa shape index (κ3) is 5.08. The van der Waals surface area contributed by atoms with E-state index in [1.54, 1.807) is 0 Å². The fraction of sp³-hybridized carbons (Fsp3) is 0.684. The molecule has 6 nitrogen and oxygen atoms in total. The van der Waals surface area contributed by atoms with Gasteiger partial charge in [-0.15, -0.1) is 0 Å². The number of hydrogen-bond donors (Lipinski definition) is 2. The molecule has 2 aliphatic rings. The Kier molecular flexibility index (Phi) is 6.50. The van der Waals surface area contributed by atoms with Gasteiger partial charge in [-0.1, -0.05) is 6.07 Å². The number of ether oxygens (including phenoxy) is 1. The Hall–Kier alpha value is -1.82. The van der Waals surface area contributed by atoms with Gasteiger partial charge < -0.3 is 20.3 Å². The van der Waals surface area contributed by atoms with Crippen LogP contribution in [0.5, 0.6) is 0 Å². The summed E-state index contributed by atoms with van der Waals surface area (Å²) in [7, 11) is 0. The van der Waals surface area contributed by atoms with Crippen molar-refractivity contribution in [2.24, 2.45) is 10.4 Å². The maximum Gasteiger partial charge on any atom is 0.193 e. The Labute approximate surface area is 151 Å². The average molecular weight is 345 g/mol. The van der Waals surface area contributed by atoms with Crippen molar-refractivity contribution >= 4 is 11.8 Å². The van der Waals surface area contributed by atoms with Crippen molar-refractivity contribution < 1.29 is 4.74 Å². The summed E-state index contributed by atoms with van der Waals surface area (Å²) >= 11 is 0. The third-order valence-corrected chi connectivity index (χ3v) is 5.08. The predicted octanol–water partition coefficient (Wildman–Crippen LogP) is 2.35. The van der Waals surface area contributed by atoms with Gasteiger partial charge in [-0.25, -0.2) is 4.98 Å². The summed E-state index contributed by atoms with van der Waals surface area (Å²) in [5.74, 6) is 2.02. The lowest BCUT2D eigenvalue weighted by molar-refractivity contribution is 0.156. The number of aromatic nitrogens is 1. The van der Waals surface area contributed by atoms with E-state index in [9.17, 15) is 0 Å². The van der Waals surface area contributed by atoms with Crippen LogP contribution in [0.15, 0.2) is 29.4 Å². The molecule has 2 aliphatic heterocycles. The molecule has 138 valence electrons. The molecule has 0 aliphatic carbocycles. The molecular formula is C19H31N5O. The molecule has 3 heterocycles. The van der Waals surface area contributed by atoms with Crippen LogP contribution in [0.1, 0.15) is 32.6 Å². The third-order valence-electron chi connectivity index (χ3n) is 5.08. The number of hydrogen-bond acceptors (Lipinski definition) is 4. The number of aliphatic imine (C=N–C) groups is 1. The number of pyridine rings is 1. The van der Waals surface area contributed by atoms with Crippen LogP contribution in [0, 0.1) is 5.41 Å². The Morgan fingerprint density at radius 3 is 3.08 bits per heavy atom. The quantitative estimate of drug-likeness (QED) is 0.451. The summed E-state index contributed by atoms with van der Waals surface area (Å²) in [5.41, 5.74) is 0.378. The maximum absolute atomic E-state index is 5.63. The molecule has 2 saturated heterocycles. The van der Waals surface area contributed by atoms with Gasteiger partial charge in [0.15, 0.2) is 5.96 Å². The van der Waals surface area contributed by atoms with E-state index < -0.39 is 0 Å². The first-order valence-electron chi connectivity index (χ1n) is 9.57. The smallest absolute Gasteiger partial charge is 0.193 e. The van der Waals surface area contributed by atoms with Crippen LogP contribution in [0.3, 0.4) is 0 Å². The minimum atomic E-state index is 0.378. The lowest BCUT2D eigenvalue weighted by Gasteiger charge is -2.25. The predicted molar refractivity (Wildman–Crippen MR) is 102 cm³/mol. The van der Waals surface area contributed by atoms with Crippen LogP contribution in [-0.4, -0.2) is 61.8 Å². The van der Waals surface area contributed by atoms with Crippen LogP contribution >= 0.6 is 0 Å². The van der Waals surface area contributed by atoms with E-state index in [-0.39, 0.29) is 0 Å². The molecule has 2 N–H and O–H groups in total. The largest absolute Gasteiger partial charge is 0.381 e. The van der Waals surface area contributed by atoms with Crippen LogP contribution < -0.4 is 10.6 Å². The van der Waals surface area contributed by atoms with Gasteiger partial charge in [0, 0.05) is 50.9 Å². The second kappa shape index (κ2) is 9.04. The Morgan fingerprint density at radius 2 is 2.32 bits per heavy atom. The Morgan fingerprint density at radius 1 is 1.36 bits per heavy atom. The van der Waals surface area contributed by atoms with Crippen molar-refractivity contribution in [1.82, 2.24) is 15.2 Å². The topological polar surface area (TPSA) is 61.8 Å². The van der Waals surface area contributed by atoms with Crippen molar-refractivity contribution in [3.05, 3.63) is 24.4 Å². The Bertz CT molecular complexity index is 542. The molecule has 0 radical (unpaired) electrons. The molecule has 25 heavy (non-hydrogen) atoms. The molecule has 6 heteroatoms. The van der Waals surface area contributed by atoms with E-state index in [0.29, 0.717) is 5.41 Å². The zero-order valence-corrected chi connectivity index (χ0v) is 15.3. The number of rotatable bonds is 7. The van der Waals surface area contributed by atoms with E-state index in [2.05, 4.69) is 27.4 Å². The van der Waals surface area contributed by atoms with Crippen LogP contribution in [0.4, 0.5) is 5.82 Å². The number of likely N-dealkylation sites (tertiary alicyclic amines) is 1. The molecule has 1 spiro atoms. The average Bonchev–Trinajstić information content (AvgIpc) is 3.28. The fourth-order valence-corrected chi connectivity index (χ4v) is 3.62. The molecule has 0 saturated carbocycles. The molecule has 3 rings (SSSR count). The summed E-state index contributed by atoms with van der Waals surface area (Å²) < 4.78 is 5.63. The van der Waals surface area contributed by atoms with Crippen molar-refractivity contribution in [3.8, 4) is 0 Å². The number of anilines is 1. The van der Waals surface area contributed by atoms with E-state index in [1.807, 2.05) is 24.4 Å². The monoisotopic (exact) mass is 345 g/mol. The van der Waals surface area contributed by atoms with Crippen molar-refractivity contribution in [2.75, 3.05) is 51.3 Å². The molecule has 2 fully saturated rings. The summed E-state index contributed by atoms with van der Waals surface area (Å²) in [4.78, 5) is 11.5. The summed E-state index contributed by atoms with van der Waals surface area (Å²) in [6.45, 7) is 8.87. The highest BCUT2D eigenvalue weighted by Crippen LogP contribution is 2.38. The van der Waals surface area contributed by atoms with Gasteiger partial charge in [0.05, 0.1) is 6.61 Å². The van der Waals surface area contributed by atoms with Gasteiger partial charge in [0.2, 0.25) is 0 Å². The molecule has 1 aromatic heterocycles. The van der Waals surface area contributed by atoms with Gasteiger partial charge >= 0.3 is 0 Å². The summed E-state index contributed by atoms with van der Waals surface area (Å²) in [5, 5.41) is 6.80. The number of guanidine groups is 1. The highest BCUT2D eigenvalue weighted by Gasteiger charge is 2.42. The molecule has 1 unspecified atom stereocenters.